The SMILES string of the molecule is CCCc1cc2c(=O)n(CC(=O)O)nc(OC)n2c1. The third-order valence-corrected chi connectivity index (χ3v) is 2.75. The molecule has 102 valence electrons. The van der Waals surface area contributed by atoms with Crippen LogP contribution in [0.15, 0.2) is 17.1 Å². The second kappa shape index (κ2) is 5.13. The van der Waals surface area contributed by atoms with E-state index in [-0.39, 0.29) is 6.01 Å². The third kappa shape index (κ3) is 2.44. The molecule has 0 unspecified atom stereocenters. The summed E-state index contributed by atoms with van der Waals surface area (Å²) in [6.45, 7) is 1.56. The van der Waals surface area contributed by atoms with Crippen LogP contribution < -0.4 is 10.3 Å². The van der Waals surface area contributed by atoms with Gasteiger partial charge < -0.3 is 9.84 Å². The van der Waals surface area contributed by atoms with Crippen LogP contribution >= 0.6 is 0 Å². The average Bonchev–Trinajstić information content (AvgIpc) is 2.77. The molecule has 7 heteroatoms. The summed E-state index contributed by atoms with van der Waals surface area (Å²) >= 11 is 0. The monoisotopic (exact) mass is 265 g/mol. The second-order valence-electron chi connectivity index (χ2n) is 4.20. The van der Waals surface area contributed by atoms with Gasteiger partial charge in [0.2, 0.25) is 0 Å². The Labute approximate surface area is 109 Å². The van der Waals surface area contributed by atoms with E-state index >= 15 is 0 Å². The number of nitrogens with zero attached hydrogens (tertiary/aromatic N) is 3. The Hall–Kier alpha value is -2.31. The topological polar surface area (TPSA) is 85.8 Å². The number of aryl methyl sites for hydroxylation is 1. The normalized spacial score (nSPS) is 10.8. The van der Waals surface area contributed by atoms with Crippen molar-refractivity contribution < 1.29 is 14.6 Å². The smallest absolute Gasteiger partial charge is 0.325 e. The van der Waals surface area contributed by atoms with E-state index in [9.17, 15) is 9.59 Å². The number of aliphatic carboxylic acids is 1. The van der Waals surface area contributed by atoms with Crippen molar-refractivity contribution in [2.75, 3.05) is 7.11 Å². The van der Waals surface area contributed by atoms with Gasteiger partial charge in [0.15, 0.2) is 0 Å². The Morgan fingerprint density at radius 3 is 2.84 bits per heavy atom. The van der Waals surface area contributed by atoms with Crippen molar-refractivity contribution in [2.24, 2.45) is 0 Å². The second-order valence-corrected chi connectivity index (χ2v) is 4.20. The molecule has 0 atom stereocenters. The highest BCUT2D eigenvalue weighted by Gasteiger charge is 2.14. The van der Waals surface area contributed by atoms with Crippen LogP contribution in [0.5, 0.6) is 6.01 Å². The first-order valence-corrected chi connectivity index (χ1v) is 5.94. The number of rotatable bonds is 5. The summed E-state index contributed by atoms with van der Waals surface area (Å²) in [7, 11) is 1.43. The van der Waals surface area contributed by atoms with Gasteiger partial charge in [-0.15, -0.1) is 5.10 Å². The Balaban J connectivity index is 2.65. The quantitative estimate of drug-likeness (QED) is 0.852. The van der Waals surface area contributed by atoms with Gasteiger partial charge in [-0.3, -0.25) is 14.0 Å². The highest BCUT2D eigenvalue weighted by molar-refractivity contribution is 5.66. The van der Waals surface area contributed by atoms with Gasteiger partial charge in [-0.05, 0) is 18.1 Å². The largest absolute Gasteiger partial charge is 0.480 e. The summed E-state index contributed by atoms with van der Waals surface area (Å²) in [6, 6.07) is 1.94. The summed E-state index contributed by atoms with van der Waals surface area (Å²) < 4.78 is 7.54. The molecule has 0 aliphatic heterocycles. The molecule has 0 aliphatic rings. The number of aromatic nitrogens is 3. The number of fused-ring (bicyclic) bond motifs is 1. The number of ether oxygens (including phenoxy) is 1. The fourth-order valence-electron chi connectivity index (χ4n) is 1.97. The van der Waals surface area contributed by atoms with E-state index in [1.165, 1.54) is 7.11 Å². The first-order valence-electron chi connectivity index (χ1n) is 5.94. The molecule has 0 fully saturated rings. The van der Waals surface area contributed by atoms with E-state index in [1.807, 2.05) is 6.92 Å². The Morgan fingerprint density at radius 2 is 2.26 bits per heavy atom. The van der Waals surface area contributed by atoms with Crippen molar-refractivity contribution in [3.8, 4) is 6.01 Å². The summed E-state index contributed by atoms with van der Waals surface area (Å²) in [5, 5.41) is 12.7. The molecule has 0 radical (unpaired) electrons. The van der Waals surface area contributed by atoms with E-state index in [1.54, 1.807) is 16.7 Å². The van der Waals surface area contributed by atoms with Gasteiger partial charge in [0.25, 0.3) is 5.56 Å². The van der Waals surface area contributed by atoms with Crippen molar-refractivity contribution in [3.63, 3.8) is 0 Å². The van der Waals surface area contributed by atoms with Crippen molar-refractivity contribution in [1.29, 1.82) is 0 Å². The maximum atomic E-state index is 12.1. The molecule has 2 rings (SSSR count). The maximum Gasteiger partial charge on any atom is 0.325 e. The molecule has 0 aliphatic carbocycles. The van der Waals surface area contributed by atoms with E-state index in [2.05, 4.69) is 5.10 Å². The van der Waals surface area contributed by atoms with Gasteiger partial charge in [0, 0.05) is 6.20 Å². The Morgan fingerprint density at radius 1 is 1.53 bits per heavy atom. The maximum absolute atomic E-state index is 12.1. The number of carboxylic acid groups (broad SMARTS) is 1. The highest BCUT2D eigenvalue weighted by atomic mass is 16.5. The zero-order chi connectivity index (χ0) is 14.0. The van der Waals surface area contributed by atoms with Crippen molar-refractivity contribution in [1.82, 2.24) is 14.2 Å². The van der Waals surface area contributed by atoms with Gasteiger partial charge in [-0.25, -0.2) is 4.68 Å². The molecule has 0 saturated carbocycles. The first-order chi connectivity index (χ1) is 9.06. The van der Waals surface area contributed by atoms with Crippen molar-refractivity contribution in [3.05, 3.63) is 28.2 Å². The molecular formula is C12H15N3O4. The standard InChI is InChI=1S/C12H15N3O4/c1-3-4-8-5-9-11(18)15(7-10(16)17)13-12(19-2)14(9)6-8/h5-6H,3-4,7H2,1-2H3,(H,16,17). The lowest BCUT2D eigenvalue weighted by Gasteiger charge is -2.06. The van der Waals surface area contributed by atoms with Crippen molar-refractivity contribution in [2.45, 2.75) is 26.3 Å². The number of methoxy groups -OCH3 is 1. The van der Waals surface area contributed by atoms with Crippen LogP contribution in [0.3, 0.4) is 0 Å². The van der Waals surface area contributed by atoms with Crippen LogP contribution in [0.25, 0.3) is 5.52 Å². The molecule has 0 bridgehead atoms. The van der Waals surface area contributed by atoms with E-state index < -0.39 is 18.1 Å². The Kier molecular flexibility index (Phi) is 3.55. The van der Waals surface area contributed by atoms with Crippen LogP contribution in [0, 0.1) is 0 Å². The predicted molar refractivity (Wildman–Crippen MR) is 67.6 cm³/mol. The van der Waals surface area contributed by atoms with Crippen LogP contribution in [-0.2, 0) is 17.8 Å². The number of carbonyl (C=O) groups is 1. The lowest BCUT2D eigenvalue weighted by Crippen LogP contribution is -2.28. The summed E-state index contributed by atoms with van der Waals surface area (Å²) in [4.78, 5) is 22.8. The fraction of sp³-hybridized carbons (Fsp3) is 0.417. The number of hydrogen-bond donors (Lipinski definition) is 1. The molecule has 0 aromatic carbocycles. The number of carboxylic acids is 1. The molecule has 2 aromatic heterocycles. The van der Waals surface area contributed by atoms with Crippen LogP contribution in [0.2, 0.25) is 0 Å². The molecule has 1 N–H and O–H groups in total. The molecule has 2 heterocycles. The molecule has 2 aromatic rings. The van der Waals surface area contributed by atoms with E-state index in [0.29, 0.717) is 5.52 Å². The molecule has 0 amide bonds. The molecule has 0 saturated heterocycles. The molecule has 7 nitrogen and oxygen atoms in total. The highest BCUT2D eigenvalue weighted by Crippen LogP contribution is 2.14. The summed E-state index contributed by atoms with van der Waals surface area (Å²) in [5.74, 6) is -1.12. The summed E-state index contributed by atoms with van der Waals surface area (Å²) in [5.41, 5.74) is 0.926. The van der Waals surface area contributed by atoms with Crippen molar-refractivity contribution >= 4 is 11.5 Å². The van der Waals surface area contributed by atoms with Gasteiger partial charge in [-0.2, -0.15) is 0 Å². The predicted octanol–water partition coefficient (Wildman–Crippen LogP) is 0.542. The van der Waals surface area contributed by atoms with Crippen LogP contribution in [0.1, 0.15) is 18.9 Å². The molecule has 0 spiro atoms. The van der Waals surface area contributed by atoms with Crippen LogP contribution in [0.4, 0.5) is 0 Å². The molecular weight excluding hydrogens is 250 g/mol. The average molecular weight is 265 g/mol. The van der Waals surface area contributed by atoms with Gasteiger partial charge in [0.05, 0.1) is 7.11 Å². The third-order valence-electron chi connectivity index (χ3n) is 2.75. The van der Waals surface area contributed by atoms with Gasteiger partial charge in [0.1, 0.15) is 12.1 Å². The minimum absolute atomic E-state index is 0.193. The van der Waals surface area contributed by atoms with Gasteiger partial charge in [-0.1, -0.05) is 13.3 Å². The summed E-state index contributed by atoms with van der Waals surface area (Å²) in [6.07, 6.45) is 3.58. The minimum atomic E-state index is -1.12. The zero-order valence-corrected chi connectivity index (χ0v) is 10.8. The van der Waals surface area contributed by atoms with E-state index in [0.717, 1.165) is 23.1 Å². The van der Waals surface area contributed by atoms with E-state index in [4.69, 9.17) is 9.84 Å². The molecule has 19 heavy (non-hydrogen) atoms. The fourth-order valence-corrected chi connectivity index (χ4v) is 1.97. The van der Waals surface area contributed by atoms with Gasteiger partial charge >= 0.3 is 12.0 Å². The first kappa shape index (κ1) is 13.1. The Bertz CT molecular complexity index is 671. The zero-order valence-electron chi connectivity index (χ0n) is 10.8. The lowest BCUT2D eigenvalue weighted by molar-refractivity contribution is -0.138. The number of hydrogen-bond acceptors (Lipinski definition) is 4. The lowest BCUT2D eigenvalue weighted by atomic mass is 10.2. The van der Waals surface area contributed by atoms with Crippen LogP contribution in [-0.4, -0.2) is 32.4 Å². The minimum Gasteiger partial charge on any atom is -0.480 e.